The molecule has 0 radical (unpaired) electrons. The summed E-state index contributed by atoms with van der Waals surface area (Å²) in [5.41, 5.74) is -0.0982. The van der Waals surface area contributed by atoms with Gasteiger partial charge in [0, 0.05) is 17.9 Å². The number of methoxy groups -OCH3 is 2. The average molecular weight is 654 g/mol. The molecule has 0 aromatic rings. The summed E-state index contributed by atoms with van der Waals surface area (Å²) in [5, 5.41) is 0. The van der Waals surface area contributed by atoms with Gasteiger partial charge in [-0.1, -0.05) is 47.1 Å². The van der Waals surface area contributed by atoms with Gasteiger partial charge in [-0.3, -0.25) is 14.5 Å². The number of likely N-dealkylation sites (tertiary alicyclic amines) is 1. The van der Waals surface area contributed by atoms with Crippen molar-refractivity contribution in [2.75, 3.05) is 20.8 Å². The first kappa shape index (κ1) is 34.5. The lowest BCUT2D eigenvalue weighted by atomic mass is 9.33. The van der Waals surface area contributed by atoms with Gasteiger partial charge < -0.3 is 14.2 Å². The number of allylic oxidation sites excluding steroid dienone is 2. The summed E-state index contributed by atoms with van der Waals surface area (Å²) in [7, 11) is 2.86. The molecule has 5 fully saturated rings. The molecule has 2 unspecified atom stereocenters. The van der Waals surface area contributed by atoms with Crippen LogP contribution in [0.25, 0.3) is 0 Å². The van der Waals surface area contributed by atoms with Gasteiger partial charge >= 0.3 is 18.0 Å². The Morgan fingerprint density at radius 2 is 1.53 bits per heavy atom. The molecule has 1 amide bonds. The number of fused-ring (bicyclic) bond motifs is 7. The molecule has 8 heteroatoms. The fraction of sp³-hybridized carbons (Fsp3) is 0.846. The third-order valence-corrected chi connectivity index (χ3v) is 15.6. The van der Waals surface area contributed by atoms with Crippen LogP contribution >= 0.6 is 0 Å². The van der Waals surface area contributed by atoms with Gasteiger partial charge in [-0.2, -0.15) is 0 Å². The molecule has 0 aromatic heterocycles. The number of nitrogens with zero attached hydrogens (tertiary/aromatic N) is 1. The molecule has 0 bridgehead atoms. The van der Waals surface area contributed by atoms with Gasteiger partial charge in [0.15, 0.2) is 5.78 Å². The highest BCUT2D eigenvalue weighted by Gasteiger charge is 2.70. The minimum atomic E-state index is -0.595. The third-order valence-electron chi connectivity index (χ3n) is 15.6. The summed E-state index contributed by atoms with van der Waals surface area (Å²) >= 11 is 0. The zero-order valence-electron chi connectivity index (χ0n) is 30.5. The number of amides is 1. The fourth-order valence-electron chi connectivity index (χ4n) is 12.5. The Bertz CT molecular complexity index is 1370. The lowest BCUT2D eigenvalue weighted by Gasteiger charge is -2.70. The van der Waals surface area contributed by atoms with Gasteiger partial charge in [-0.25, -0.2) is 9.59 Å². The minimum Gasteiger partial charge on any atom is -0.469 e. The van der Waals surface area contributed by atoms with Crippen LogP contribution in [-0.4, -0.2) is 61.6 Å². The van der Waals surface area contributed by atoms with Gasteiger partial charge in [0.2, 0.25) is 0 Å². The monoisotopic (exact) mass is 653 g/mol. The van der Waals surface area contributed by atoms with Crippen molar-refractivity contribution >= 4 is 23.8 Å². The van der Waals surface area contributed by atoms with Crippen LogP contribution in [0.15, 0.2) is 11.6 Å². The molecule has 0 spiro atoms. The lowest BCUT2D eigenvalue weighted by Crippen LogP contribution is -2.67. The topological polar surface area (TPSA) is 99.2 Å². The summed E-state index contributed by atoms with van der Waals surface area (Å²) in [4.78, 5) is 55.4. The highest BCUT2D eigenvalue weighted by Crippen LogP contribution is 2.75. The van der Waals surface area contributed by atoms with Crippen LogP contribution in [0.5, 0.6) is 0 Å². The van der Waals surface area contributed by atoms with E-state index in [1.165, 1.54) is 19.8 Å². The molecule has 1 aliphatic heterocycles. The number of ketones is 1. The number of hydrogen-bond donors (Lipinski definition) is 0. The largest absolute Gasteiger partial charge is 0.469 e. The quantitative estimate of drug-likeness (QED) is 0.228. The Kier molecular flexibility index (Phi) is 8.31. The fourth-order valence-corrected chi connectivity index (χ4v) is 12.5. The van der Waals surface area contributed by atoms with E-state index >= 15 is 0 Å². The van der Waals surface area contributed by atoms with Crippen molar-refractivity contribution in [2.45, 2.75) is 138 Å². The van der Waals surface area contributed by atoms with Crippen molar-refractivity contribution in [3.8, 4) is 0 Å². The third kappa shape index (κ3) is 4.87. The maximum Gasteiger partial charge on any atom is 0.410 e. The van der Waals surface area contributed by atoms with Crippen molar-refractivity contribution < 1.29 is 33.4 Å². The zero-order valence-corrected chi connectivity index (χ0v) is 30.5. The maximum absolute atomic E-state index is 14.7. The van der Waals surface area contributed by atoms with E-state index in [-0.39, 0.29) is 68.7 Å². The number of carbonyl (C=O) groups excluding carboxylic acids is 4. The minimum absolute atomic E-state index is 0.0780. The Morgan fingerprint density at radius 1 is 0.830 bits per heavy atom. The van der Waals surface area contributed by atoms with Crippen molar-refractivity contribution in [2.24, 2.45) is 50.2 Å². The Balaban J connectivity index is 1.29. The first-order valence-corrected chi connectivity index (χ1v) is 18.3. The van der Waals surface area contributed by atoms with E-state index in [9.17, 15) is 19.2 Å². The smallest absolute Gasteiger partial charge is 0.410 e. The molecule has 0 N–H and O–H groups in total. The predicted molar refractivity (Wildman–Crippen MR) is 178 cm³/mol. The average Bonchev–Trinajstić information content (AvgIpc) is 3.03. The van der Waals surface area contributed by atoms with E-state index in [1.807, 2.05) is 6.08 Å². The number of rotatable bonds is 3. The summed E-state index contributed by atoms with van der Waals surface area (Å²) < 4.78 is 16.6. The van der Waals surface area contributed by atoms with Crippen LogP contribution in [0.1, 0.15) is 126 Å². The van der Waals surface area contributed by atoms with Gasteiger partial charge in [0.05, 0.1) is 19.6 Å². The number of hydrogen-bond acceptors (Lipinski definition) is 7. The number of ether oxygens (including phenoxy) is 3. The Labute approximate surface area is 282 Å². The summed E-state index contributed by atoms with van der Waals surface area (Å²) in [6.07, 6.45) is 11.7. The number of piperidine rings is 1. The molecule has 6 aliphatic rings. The molecular weight excluding hydrogens is 594 g/mol. The first-order valence-electron chi connectivity index (χ1n) is 18.3. The molecule has 10 atom stereocenters. The second-order valence-electron chi connectivity index (χ2n) is 18.2. The van der Waals surface area contributed by atoms with Crippen LogP contribution in [0, 0.1) is 50.2 Å². The molecule has 1 saturated heterocycles. The van der Waals surface area contributed by atoms with Crippen LogP contribution in [0.2, 0.25) is 0 Å². The highest BCUT2D eigenvalue weighted by molar-refractivity contribution is 5.95. The van der Waals surface area contributed by atoms with E-state index in [0.29, 0.717) is 19.4 Å². The Hall–Kier alpha value is -2.38. The Morgan fingerprint density at radius 3 is 2.21 bits per heavy atom. The molecule has 6 rings (SSSR count). The predicted octanol–water partition coefficient (Wildman–Crippen LogP) is 7.67. The first-order chi connectivity index (χ1) is 21.9. The lowest BCUT2D eigenvalue weighted by molar-refractivity contribution is -0.203. The normalized spacial score (nSPS) is 45.6. The van der Waals surface area contributed by atoms with Gasteiger partial charge in [0.25, 0.3) is 0 Å². The molecule has 262 valence electrons. The van der Waals surface area contributed by atoms with Crippen molar-refractivity contribution in [3.05, 3.63) is 11.6 Å². The van der Waals surface area contributed by atoms with Crippen molar-refractivity contribution in [3.63, 3.8) is 0 Å². The second kappa shape index (κ2) is 11.3. The van der Waals surface area contributed by atoms with E-state index in [0.717, 1.165) is 64.2 Å². The van der Waals surface area contributed by atoms with Crippen LogP contribution in [-0.2, 0) is 28.6 Å². The van der Waals surface area contributed by atoms with Gasteiger partial charge in [-0.15, -0.1) is 0 Å². The molecule has 47 heavy (non-hydrogen) atoms. The molecule has 5 aliphatic carbocycles. The maximum atomic E-state index is 14.7. The second-order valence-corrected chi connectivity index (χ2v) is 18.2. The van der Waals surface area contributed by atoms with E-state index in [1.54, 1.807) is 4.90 Å². The molecule has 4 saturated carbocycles. The summed E-state index contributed by atoms with van der Waals surface area (Å²) in [6.45, 7) is 16.6. The molecule has 1 heterocycles. The van der Waals surface area contributed by atoms with Crippen LogP contribution in [0.4, 0.5) is 4.79 Å². The van der Waals surface area contributed by atoms with E-state index in [4.69, 9.17) is 14.2 Å². The molecule has 0 aromatic carbocycles. The summed E-state index contributed by atoms with van der Waals surface area (Å²) in [5.74, 6) is -0.00179. The van der Waals surface area contributed by atoms with Crippen molar-refractivity contribution in [1.82, 2.24) is 4.90 Å². The molecule has 8 nitrogen and oxygen atoms in total. The molecular formula is C39H59NO7. The summed E-state index contributed by atoms with van der Waals surface area (Å²) in [6, 6.07) is -0.595. The SMILES string of the molecule is COC(=O)C1CCCCN1C(=O)O[C@H]1CC[C@]2(C)[C@H]3C(=O)C=C4C5C[C@@](C)(C(=O)OC)CC[C@]5(C)CC[C@@]4(C)[C@]3(C)CC[C@H]2C1(C)C. The standard InChI is InChI=1S/C39H59NO7/c1-34(2)28-13-16-39(7)30(37(28,5)15-14-29(34)47-33(44)40-21-11-10-12-26(40)31(42)45-8)27(41)22-24-25-23-36(4,32(43)46-9)18-17-35(25,3)19-20-38(24,39)6/h22,25-26,28-30H,10-21,23H2,1-9H3/t25?,26?,28-,29-,30+,35+,36-,37-,38+,39+/m0/s1. The highest BCUT2D eigenvalue weighted by atomic mass is 16.6. The van der Waals surface area contributed by atoms with Crippen molar-refractivity contribution in [1.29, 1.82) is 0 Å². The van der Waals surface area contributed by atoms with E-state index in [2.05, 4.69) is 48.5 Å². The number of esters is 2. The van der Waals surface area contributed by atoms with Gasteiger partial charge in [0.1, 0.15) is 12.1 Å². The number of carbonyl (C=O) groups is 4. The van der Waals surface area contributed by atoms with E-state index < -0.39 is 17.6 Å². The van der Waals surface area contributed by atoms with Crippen LogP contribution in [0.3, 0.4) is 0 Å². The zero-order chi connectivity index (χ0) is 34.4. The van der Waals surface area contributed by atoms with Crippen LogP contribution < -0.4 is 0 Å². The van der Waals surface area contributed by atoms with Gasteiger partial charge in [-0.05, 0) is 124 Å².